The lowest BCUT2D eigenvalue weighted by atomic mass is 10.1. The molecule has 0 spiro atoms. The molecule has 1 heterocycles. The fourth-order valence-corrected chi connectivity index (χ4v) is 3.29. The SMILES string of the molecule is COC1CC(C(=O)O)N(C(=O)c2cc(S(C)(=O)=O)ccc2C)C1. The van der Waals surface area contributed by atoms with Gasteiger partial charge in [-0.1, -0.05) is 6.07 Å². The Balaban J connectivity index is 2.41. The van der Waals surface area contributed by atoms with Crippen LogP contribution in [0.3, 0.4) is 0 Å². The summed E-state index contributed by atoms with van der Waals surface area (Å²) in [6.45, 7) is 1.84. The van der Waals surface area contributed by atoms with Crippen molar-refractivity contribution < 1.29 is 27.9 Å². The number of carboxylic acid groups (broad SMARTS) is 1. The molecule has 2 atom stereocenters. The van der Waals surface area contributed by atoms with Crippen LogP contribution < -0.4 is 0 Å². The maximum atomic E-state index is 12.7. The second-order valence-corrected chi connectivity index (χ2v) is 7.67. The number of rotatable bonds is 4. The molecule has 1 amide bonds. The highest BCUT2D eigenvalue weighted by molar-refractivity contribution is 7.90. The van der Waals surface area contributed by atoms with Crippen LogP contribution in [0.25, 0.3) is 0 Å². The molecule has 1 fully saturated rings. The Morgan fingerprint density at radius 3 is 2.52 bits per heavy atom. The lowest BCUT2D eigenvalue weighted by Crippen LogP contribution is -2.41. The van der Waals surface area contributed by atoms with Gasteiger partial charge in [0.1, 0.15) is 6.04 Å². The lowest BCUT2D eigenvalue weighted by Gasteiger charge is -2.22. The Morgan fingerprint density at radius 1 is 1.35 bits per heavy atom. The number of benzene rings is 1. The maximum absolute atomic E-state index is 12.7. The molecular weight excluding hydrogens is 322 g/mol. The number of sulfone groups is 1. The highest BCUT2D eigenvalue weighted by Crippen LogP contribution is 2.25. The molecule has 8 heteroatoms. The number of carbonyl (C=O) groups is 2. The molecule has 2 unspecified atom stereocenters. The van der Waals surface area contributed by atoms with E-state index in [0.717, 1.165) is 6.26 Å². The van der Waals surface area contributed by atoms with Gasteiger partial charge < -0.3 is 14.7 Å². The average molecular weight is 341 g/mol. The van der Waals surface area contributed by atoms with Crippen molar-refractivity contribution in [1.29, 1.82) is 0 Å². The number of ether oxygens (including phenoxy) is 1. The number of carboxylic acids is 1. The van der Waals surface area contributed by atoms with Gasteiger partial charge in [-0.25, -0.2) is 13.2 Å². The third-order valence-electron chi connectivity index (χ3n) is 4.01. The van der Waals surface area contributed by atoms with Crippen LogP contribution in [0.5, 0.6) is 0 Å². The molecular formula is C15H19NO6S. The number of hydrogen-bond acceptors (Lipinski definition) is 5. The van der Waals surface area contributed by atoms with E-state index in [4.69, 9.17) is 4.74 Å². The Hall–Kier alpha value is -1.93. The van der Waals surface area contributed by atoms with Gasteiger partial charge in [-0.15, -0.1) is 0 Å². The van der Waals surface area contributed by atoms with E-state index in [0.29, 0.717) is 5.56 Å². The lowest BCUT2D eigenvalue weighted by molar-refractivity contribution is -0.141. The standard InChI is InChI=1S/C15H19NO6S/c1-9-4-5-11(23(3,20)21)7-12(9)14(17)16-8-10(22-2)6-13(16)15(18)19/h4-5,7,10,13H,6,8H2,1-3H3,(H,18,19). The van der Waals surface area contributed by atoms with E-state index >= 15 is 0 Å². The molecule has 1 aliphatic rings. The number of aliphatic carboxylic acids is 1. The van der Waals surface area contributed by atoms with Gasteiger partial charge in [0.05, 0.1) is 11.0 Å². The third-order valence-corrected chi connectivity index (χ3v) is 5.12. The van der Waals surface area contributed by atoms with Crippen molar-refractivity contribution in [2.75, 3.05) is 19.9 Å². The van der Waals surface area contributed by atoms with Crippen molar-refractivity contribution in [2.45, 2.75) is 30.4 Å². The van der Waals surface area contributed by atoms with Crippen LogP contribution in [0.1, 0.15) is 22.3 Å². The van der Waals surface area contributed by atoms with E-state index < -0.39 is 27.8 Å². The minimum atomic E-state index is -3.46. The predicted octanol–water partition coefficient (Wildman–Crippen LogP) is 0.713. The molecule has 1 saturated heterocycles. The van der Waals surface area contributed by atoms with Gasteiger partial charge in [-0.05, 0) is 24.6 Å². The van der Waals surface area contributed by atoms with Crippen molar-refractivity contribution in [2.24, 2.45) is 0 Å². The summed E-state index contributed by atoms with van der Waals surface area (Å²) in [5.74, 6) is -1.60. The molecule has 0 bridgehead atoms. The molecule has 1 N–H and O–H groups in total. The molecule has 1 aromatic rings. The van der Waals surface area contributed by atoms with Crippen molar-refractivity contribution in [3.05, 3.63) is 29.3 Å². The second kappa shape index (κ2) is 6.29. The van der Waals surface area contributed by atoms with Crippen LogP contribution in [-0.4, -0.2) is 62.4 Å². The first-order valence-electron chi connectivity index (χ1n) is 7.02. The zero-order valence-corrected chi connectivity index (χ0v) is 14.0. The predicted molar refractivity (Wildman–Crippen MR) is 82.2 cm³/mol. The number of likely N-dealkylation sites (tertiary alicyclic amines) is 1. The number of hydrogen-bond donors (Lipinski definition) is 1. The molecule has 0 aliphatic carbocycles. The summed E-state index contributed by atoms with van der Waals surface area (Å²) in [5, 5.41) is 9.30. The minimum Gasteiger partial charge on any atom is -0.480 e. The Kier molecular flexibility index (Phi) is 4.76. The number of methoxy groups -OCH3 is 1. The smallest absolute Gasteiger partial charge is 0.326 e. The maximum Gasteiger partial charge on any atom is 0.326 e. The van der Waals surface area contributed by atoms with Gasteiger partial charge in [-0.2, -0.15) is 0 Å². The summed E-state index contributed by atoms with van der Waals surface area (Å²) in [4.78, 5) is 25.4. The molecule has 2 rings (SSSR count). The van der Waals surface area contributed by atoms with Crippen molar-refractivity contribution in [1.82, 2.24) is 4.90 Å². The molecule has 1 aromatic carbocycles. The van der Waals surface area contributed by atoms with Crippen molar-refractivity contribution in [3.8, 4) is 0 Å². The van der Waals surface area contributed by atoms with Crippen LogP contribution in [0.2, 0.25) is 0 Å². The van der Waals surface area contributed by atoms with E-state index in [9.17, 15) is 23.1 Å². The third kappa shape index (κ3) is 3.53. The first kappa shape index (κ1) is 17.4. The number of amides is 1. The molecule has 23 heavy (non-hydrogen) atoms. The first-order valence-corrected chi connectivity index (χ1v) is 8.91. The number of nitrogens with zero attached hydrogens (tertiary/aromatic N) is 1. The van der Waals surface area contributed by atoms with Gasteiger partial charge in [0, 0.05) is 31.9 Å². The fourth-order valence-electron chi connectivity index (χ4n) is 2.64. The molecule has 0 radical (unpaired) electrons. The highest BCUT2D eigenvalue weighted by atomic mass is 32.2. The summed E-state index contributed by atoms with van der Waals surface area (Å²) < 4.78 is 28.5. The summed E-state index contributed by atoms with van der Waals surface area (Å²) >= 11 is 0. The van der Waals surface area contributed by atoms with Crippen LogP contribution in [-0.2, 0) is 19.4 Å². The van der Waals surface area contributed by atoms with Crippen LogP contribution in [0.15, 0.2) is 23.1 Å². The van der Waals surface area contributed by atoms with Crippen LogP contribution in [0, 0.1) is 6.92 Å². The summed E-state index contributed by atoms with van der Waals surface area (Å²) in [6, 6.07) is 3.29. The van der Waals surface area contributed by atoms with E-state index in [1.165, 1.54) is 24.1 Å². The van der Waals surface area contributed by atoms with Crippen molar-refractivity contribution >= 4 is 21.7 Å². The molecule has 0 saturated carbocycles. The number of carbonyl (C=O) groups excluding carboxylic acids is 1. The van der Waals surface area contributed by atoms with Gasteiger partial charge in [-0.3, -0.25) is 4.79 Å². The summed E-state index contributed by atoms with van der Waals surface area (Å²) in [7, 11) is -1.99. The quantitative estimate of drug-likeness (QED) is 0.866. The fraction of sp³-hybridized carbons (Fsp3) is 0.467. The number of aryl methyl sites for hydroxylation is 1. The van der Waals surface area contributed by atoms with E-state index in [-0.39, 0.29) is 29.5 Å². The van der Waals surface area contributed by atoms with E-state index in [1.807, 2.05) is 0 Å². The summed E-state index contributed by atoms with van der Waals surface area (Å²) in [6.07, 6.45) is 0.920. The Bertz CT molecular complexity index is 742. The molecule has 0 aromatic heterocycles. The average Bonchev–Trinajstić information content (AvgIpc) is 2.90. The van der Waals surface area contributed by atoms with E-state index in [2.05, 4.69) is 0 Å². The summed E-state index contributed by atoms with van der Waals surface area (Å²) in [5.41, 5.74) is 0.781. The van der Waals surface area contributed by atoms with Gasteiger partial charge in [0.2, 0.25) is 0 Å². The zero-order chi connectivity index (χ0) is 17.4. The Morgan fingerprint density at radius 2 is 2.00 bits per heavy atom. The van der Waals surface area contributed by atoms with Gasteiger partial charge in [0.25, 0.3) is 5.91 Å². The van der Waals surface area contributed by atoms with Gasteiger partial charge in [0.15, 0.2) is 9.84 Å². The second-order valence-electron chi connectivity index (χ2n) is 5.65. The highest BCUT2D eigenvalue weighted by Gasteiger charge is 2.40. The normalized spacial score (nSPS) is 21.4. The monoisotopic (exact) mass is 341 g/mol. The molecule has 7 nitrogen and oxygen atoms in total. The molecule has 126 valence electrons. The molecule has 1 aliphatic heterocycles. The van der Waals surface area contributed by atoms with E-state index in [1.54, 1.807) is 13.0 Å². The minimum absolute atomic E-state index is 0.0285. The zero-order valence-electron chi connectivity index (χ0n) is 13.1. The van der Waals surface area contributed by atoms with Gasteiger partial charge >= 0.3 is 5.97 Å². The Labute approximate surface area is 134 Å². The topological polar surface area (TPSA) is 101 Å². The van der Waals surface area contributed by atoms with Crippen molar-refractivity contribution in [3.63, 3.8) is 0 Å². The largest absolute Gasteiger partial charge is 0.480 e. The van der Waals surface area contributed by atoms with Crippen LogP contribution >= 0.6 is 0 Å². The first-order chi connectivity index (χ1) is 10.6. The van der Waals surface area contributed by atoms with Crippen LogP contribution in [0.4, 0.5) is 0 Å².